The average molecular weight is 390 g/mol. The smallest absolute Gasteiger partial charge is 0.260 e. The molecule has 3 aromatic heterocycles. The molecule has 0 unspecified atom stereocenters. The summed E-state index contributed by atoms with van der Waals surface area (Å²) in [5.74, 6) is 1.42. The number of H-pyrrole nitrogens is 1. The van der Waals surface area contributed by atoms with Crippen LogP contribution in [0.15, 0.2) is 32.8 Å². The van der Waals surface area contributed by atoms with Gasteiger partial charge in [-0.2, -0.15) is 0 Å². The number of thioether (sulfide) groups is 1. The number of nitrogens with zero attached hydrogens (tertiary/aromatic N) is 1. The zero-order chi connectivity index (χ0) is 18.1. The van der Waals surface area contributed by atoms with E-state index in [-0.39, 0.29) is 17.2 Å². The van der Waals surface area contributed by atoms with Gasteiger partial charge in [0.1, 0.15) is 10.6 Å². The molecule has 1 aliphatic carbocycles. The van der Waals surface area contributed by atoms with E-state index in [9.17, 15) is 9.59 Å². The Morgan fingerprint density at radius 3 is 3.23 bits per heavy atom. The maximum absolute atomic E-state index is 12.5. The van der Waals surface area contributed by atoms with Crippen molar-refractivity contribution in [3.63, 3.8) is 0 Å². The molecule has 1 amide bonds. The van der Waals surface area contributed by atoms with Crippen molar-refractivity contribution in [2.75, 3.05) is 5.75 Å². The summed E-state index contributed by atoms with van der Waals surface area (Å²) in [7, 11) is 0. The van der Waals surface area contributed by atoms with E-state index in [4.69, 9.17) is 4.42 Å². The molecule has 0 spiro atoms. The molecule has 8 heteroatoms. The molecule has 26 heavy (non-hydrogen) atoms. The SMILES string of the molecule is C[C@@H]1CCc2c(sc3nc(SCC(=O)NCc4ccco4)[nH]c(=O)c23)C1. The third-order valence-electron chi connectivity index (χ3n) is 4.52. The van der Waals surface area contributed by atoms with Crippen LogP contribution in [-0.4, -0.2) is 21.6 Å². The molecule has 2 N–H and O–H groups in total. The van der Waals surface area contributed by atoms with Crippen molar-refractivity contribution in [1.29, 1.82) is 0 Å². The third kappa shape index (κ3) is 3.57. The Hall–Kier alpha value is -2.06. The van der Waals surface area contributed by atoms with Crippen molar-refractivity contribution in [1.82, 2.24) is 15.3 Å². The Kier molecular flexibility index (Phi) is 4.86. The lowest BCUT2D eigenvalue weighted by Gasteiger charge is -2.17. The predicted molar refractivity (Wildman–Crippen MR) is 103 cm³/mol. The average Bonchev–Trinajstić information content (AvgIpc) is 3.24. The van der Waals surface area contributed by atoms with Crippen molar-refractivity contribution in [2.45, 2.75) is 37.9 Å². The van der Waals surface area contributed by atoms with E-state index < -0.39 is 0 Å². The van der Waals surface area contributed by atoms with E-state index in [0.717, 1.165) is 29.5 Å². The molecule has 0 saturated carbocycles. The Morgan fingerprint density at radius 2 is 2.42 bits per heavy atom. The zero-order valence-corrected chi connectivity index (χ0v) is 16.0. The van der Waals surface area contributed by atoms with Gasteiger partial charge in [-0.3, -0.25) is 9.59 Å². The summed E-state index contributed by atoms with van der Waals surface area (Å²) in [6.07, 6.45) is 4.66. The normalized spacial score (nSPS) is 16.6. The van der Waals surface area contributed by atoms with Crippen molar-refractivity contribution in [3.8, 4) is 0 Å². The number of fused-ring (bicyclic) bond motifs is 3. The Bertz CT molecular complexity index is 991. The van der Waals surface area contributed by atoms with E-state index in [1.54, 1.807) is 29.7 Å². The molecule has 1 aliphatic rings. The molecule has 0 aromatic carbocycles. The molecule has 0 saturated heterocycles. The number of thiophene rings is 1. The summed E-state index contributed by atoms with van der Waals surface area (Å²) in [6, 6.07) is 3.58. The van der Waals surface area contributed by atoms with Gasteiger partial charge in [-0.25, -0.2) is 4.98 Å². The zero-order valence-electron chi connectivity index (χ0n) is 14.3. The molecule has 6 nitrogen and oxygen atoms in total. The molecule has 0 radical (unpaired) electrons. The Labute approximate surface area is 158 Å². The maximum Gasteiger partial charge on any atom is 0.260 e. The Morgan fingerprint density at radius 1 is 1.54 bits per heavy atom. The predicted octanol–water partition coefficient (Wildman–Crippen LogP) is 3.11. The molecule has 0 aliphatic heterocycles. The first kappa shape index (κ1) is 17.4. The minimum atomic E-state index is -0.131. The number of aryl methyl sites for hydroxylation is 1. The largest absolute Gasteiger partial charge is 0.467 e. The fourth-order valence-corrected chi connectivity index (χ4v) is 5.31. The first-order valence-corrected chi connectivity index (χ1v) is 10.4. The van der Waals surface area contributed by atoms with Crippen LogP contribution in [0.2, 0.25) is 0 Å². The summed E-state index contributed by atoms with van der Waals surface area (Å²) in [5.41, 5.74) is 1.07. The molecular weight excluding hydrogens is 370 g/mol. The lowest BCUT2D eigenvalue weighted by atomic mass is 9.89. The first-order valence-electron chi connectivity index (χ1n) is 8.56. The van der Waals surface area contributed by atoms with Gasteiger partial charge < -0.3 is 14.7 Å². The number of aromatic amines is 1. The summed E-state index contributed by atoms with van der Waals surface area (Å²) in [5, 5.41) is 4.01. The van der Waals surface area contributed by atoms with Gasteiger partial charge in [-0.1, -0.05) is 18.7 Å². The van der Waals surface area contributed by atoms with Crippen LogP contribution in [0.1, 0.15) is 29.5 Å². The summed E-state index contributed by atoms with van der Waals surface area (Å²) < 4.78 is 5.18. The second-order valence-corrected chi connectivity index (χ2v) is 8.60. The van der Waals surface area contributed by atoms with Gasteiger partial charge in [-0.15, -0.1) is 11.3 Å². The maximum atomic E-state index is 12.5. The van der Waals surface area contributed by atoms with Gasteiger partial charge in [0.2, 0.25) is 5.91 Å². The van der Waals surface area contributed by atoms with E-state index in [2.05, 4.69) is 22.2 Å². The summed E-state index contributed by atoms with van der Waals surface area (Å²) >= 11 is 2.86. The van der Waals surface area contributed by atoms with Gasteiger partial charge in [0, 0.05) is 4.88 Å². The summed E-state index contributed by atoms with van der Waals surface area (Å²) in [6.45, 7) is 2.60. The van der Waals surface area contributed by atoms with Crippen molar-refractivity contribution >= 4 is 39.2 Å². The number of amides is 1. The first-order chi connectivity index (χ1) is 12.6. The number of furan rings is 1. The second kappa shape index (κ2) is 7.28. The number of hydrogen-bond donors (Lipinski definition) is 2. The minimum absolute atomic E-state index is 0.0967. The number of carbonyl (C=O) groups excluding carboxylic acids is 1. The lowest BCUT2D eigenvalue weighted by Crippen LogP contribution is -2.24. The van der Waals surface area contributed by atoms with Crippen molar-refractivity contribution < 1.29 is 9.21 Å². The van der Waals surface area contributed by atoms with Crippen LogP contribution in [0.3, 0.4) is 0 Å². The molecular formula is C18H19N3O3S2. The second-order valence-electron chi connectivity index (χ2n) is 6.55. The van der Waals surface area contributed by atoms with E-state index >= 15 is 0 Å². The molecule has 0 fully saturated rings. The standard InChI is InChI=1S/C18H19N3O3S2/c1-10-4-5-12-13(7-10)26-17-15(12)16(23)20-18(21-17)25-9-14(22)19-8-11-3-2-6-24-11/h2-3,6,10H,4-5,7-9H2,1H3,(H,19,22)(H,20,21,23)/t10-/m1/s1. The molecule has 4 rings (SSSR count). The van der Waals surface area contributed by atoms with Crippen LogP contribution < -0.4 is 10.9 Å². The highest BCUT2D eigenvalue weighted by Gasteiger charge is 2.23. The van der Waals surface area contributed by atoms with Crippen LogP contribution in [0.4, 0.5) is 0 Å². The molecule has 136 valence electrons. The monoisotopic (exact) mass is 389 g/mol. The number of aromatic nitrogens is 2. The minimum Gasteiger partial charge on any atom is -0.467 e. The molecule has 0 bridgehead atoms. The van der Waals surface area contributed by atoms with E-state index in [1.807, 2.05) is 0 Å². The Balaban J connectivity index is 1.45. The van der Waals surface area contributed by atoms with Crippen molar-refractivity contribution in [2.24, 2.45) is 5.92 Å². The molecule has 3 heterocycles. The topological polar surface area (TPSA) is 88.0 Å². The van der Waals surface area contributed by atoms with Gasteiger partial charge in [0.15, 0.2) is 5.16 Å². The lowest BCUT2D eigenvalue weighted by molar-refractivity contribution is -0.118. The van der Waals surface area contributed by atoms with Crippen LogP contribution in [0.5, 0.6) is 0 Å². The number of hydrogen-bond acceptors (Lipinski definition) is 6. The highest BCUT2D eigenvalue weighted by atomic mass is 32.2. The molecule has 1 atom stereocenters. The fraction of sp³-hybridized carbons (Fsp3) is 0.389. The van der Waals surface area contributed by atoms with Crippen molar-refractivity contribution in [3.05, 3.63) is 45.0 Å². The van der Waals surface area contributed by atoms with Crippen LogP contribution >= 0.6 is 23.1 Å². The number of carbonyl (C=O) groups is 1. The number of nitrogens with one attached hydrogen (secondary N) is 2. The molecule has 3 aromatic rings. The van der Waals surface area contributed by atoms with E-state index in [1.165, 1.54) is 22.2 Å². The van der Waals surface area contributed by atoms with Crippen LogP contribution in [0.25, 0.3) is 10.2 Å². The quantitative estimate of drug-likeness (QED) is 0.517. The van der Waals surface area contributed by atoms with Gasteiger partial charge >= 0.3 is 0 Å². The van der Waals surface area contributed by atoms with Gasteiger partial charge in [0.25, 0.3) is 5.56 Å². The number of rotatable bonds is 5. The third-order valence-corrected chi connectivity index (χ3v) is 6.55. The highest BCUT2D eigenvalue weighted by Crippen LogP contribution is 2.36. The summed E-state index contributed by atoms with van der Waals surface area (Å²) in [4.78, 5) is 34.0. The van der Waals surface area contributed by atoms with Gasteiger partial charge in [0.05, 0.1) is 23.9 Å². The van der Waals surface area contributed by atoms with E-state index in [0.29, 0.717) is 23.4 Å². The van der Waals surface area contributed by atoms with Crippen LogP contribution in [-0.2, 0) is 24.2 Å². The van der Waals surface area contributed by atoms with Crippen LogP contribution in [0, 0.1) is 5.92 Å². The van der Waals surface area contributed by atoms with Gasteiger partial charge in [-0.05, 0) is 42.9 Å². The fourth-order valence-electron chi connectivity index (χ4n) is 3.18. The highest BCUT2D eigenvalue weighted by molar-refractivity contribution is 7.99.